The van der Waals surface area contributed by atoms with Crippen molar-refractivity contribution in [3.05, 3.63) is 65.0 Å². The molecule has 0 saturated heterocycles. The van der Waals surface area contributed by atoms with Gasteiger partial charge in [-0.05, 0) is 47.9 Å². The van der Waals surface area contributed by atoms with Crippen LogP contribution in [0, 0.1) is 0 Å². The van der Waals surface area contributed by atoms with Crippen LogP contribution < -0.4 is 11.3 Å². The second-order valence-corrected chi connectivity index (χ2v) is 5.80. The maximum atomic E-state index is 5.84. The second-order valence-electron chi connectivity index (χ2n) is 5.80. The zero-order chi connectivity index (χ0) is 14.7. The average Bonchev–Trinajstić information content (AvgIpc) is 2.47. The lowest BCUT2D eigenvalue weighted by molar-refractivity contribution is 0.419. The van der Waals surface area contributed by atoms with Gasteiger partial charge >= 0.3 is 0 Å². The van der Waals surface area contributed by atoms with Gasteiger partial charge in [0.05, 0.1) is 11.7 Å². The molecule has 3 N–H and O–H groups in total. The van der Waals surface area contributed by atoms with Crippen molar-refractivity contribution >= 4 is 0 Å². The van der Waals surface area contributed by atoms with E-state index in [4.69, 9.17) is 5.84 Å². The zero-order valence-corrected chi connectivity index (χ0v) is 12.5. The van der Waals surface area contributed by atoms with Crippen molar-refractivity contribution < 1.29 is 0 Å². The molecule has 1 saturated carbocycles. The van der Waals surface area contributed by atoms with Gasteiger partial charge in [-0.3, -0.25) is 10.8 Å². The lowest BCUT2D eigenvalue weighted by Crippen LogP contribution is -2.30. The van der Waals surface area contributed by atoms with Crippen molar-refractivity contribution in [2.75, 3.05) is 0 Å². The molecule has 1 fully saturated rings. The zero-order valence-electron chi connectivity index (χ0n) is 12.5. The van der Waals surface area contributed by atoms with Gasteiger partial charge in [0.15, 0.2) is 0 Å². The maximum Gasteiger partial charge on any atom is 0.0884 e. The predicted molar refractivity (Wildman–Crippen MR) is 85.8 cm³/mol. The molecule has 1 aliphatic rings. The topological polar surface area (TPSA) is 50.9 Å². The van der Waals surface area contributed by atoms with Crippen molar-refractivity contribution in [1.82, 2.24) is 10.4 Å². The van der Waals surface area contributed by atoms with E-state index in [1.165, 1.54) is 36.0 Å². The summed E-state index contributed by atoms with van der Waals surface area (Å²) in [5, 5.41) is 0. The third-order valence-electron chi connectivity index (χ3n) is 4.57. The molecule has 2 aromatic rings. The van der Waals surface area contributed by atoms with Crippen LogP contribution in [0.1, 0.15) is 60.5 Å². The summed E-state index contributed by atoms with van der Waals surface area (Å²) in [6.07, 6.45) is 6.79. The van der Waals surface area contributed by atoms with E-state index in [-0.39, 0.29) is 6.04 Å². The number of nitrogens with zero attached hydrogens (tertiary/aromatic N) is 1. The predicted octanol–water partition coefficient (Wildman–Crippen LogP) is 3.46. The van der Waals surface area contributed by atoms with Crippen molar-refractivity contribution in [1.29, 1.82) is 0 Å². The number of hydrogen-bond donors (Lipinski definition) is 2. The van der Waals surface area contributed by atoms with Crippen LogP contribution in [0.25, 0.3) is 0 Å². The number of aryl methyl sites for hydroxylation is 1. The Morgan fingerprint density at radius 2 is 2.14 bits per heavy atom. The first-order valence-electron chi connectivity index (χ1n) is 7.83. The number of hydrazine groups is 1. The van der Waals surface area contributed by atoms with Gasteiger partial charge < -0.3 is 0 Å². The minimum Gasteiger partial charge on any atom is -0.271 e. The normalized spacial score (nSPS) is 16.5. The van der Waals surface area contributed by atoms with Gasteiger partial charge in [0.25, 0.3) is 0 Å². The van der Waals surface area contributed by atoms with Crippen molar-refractivity contribution in [3.8, 4) is 0 Å². The first-order chi connectivity index (χ1) is 10.3. The Labute approximate surface area is 126 Å². The molecule has 0 amide bonds. The van der Waals surface area contributed by atoms with Crippen LogP contribution in [0.5, 0.6) is 0 Å². The Balaban J connectivity index is 1.95. The minimum absolute atomic E-state index is 0.0406. The third-order valence-corrected chi connectivity index (χ3v) is 4.57. The highest BCUT2D eigenvalue weighted by Crippen LogP contribution is 2.37. The first-order valence-corrected chi connectivity index (χ1v) is 7.83. The maximum absolute atomic E-state index is 5.84. The number of nitrogens with one attached hydrogen (secondary N) is 1. The van der Waals surface area contributed by atoms with Crippen molar-refractivity contribution in [3.63, 3.8) is 0 Å². The Hall–Kier alpha value is -1.71. The molecule has 1 unspecified atom stereocenters. The van der Waals surface area contributed by atoms with E-state index >= 15 is 0 Å². The second kappa shape index (κ2) is 6.37. The first kappa shape index (κ1) is 14.2. The smallest absolute Gasteiger partial charge is 0.0884 e. The molecule has 0 bridgehead atoms. The van der Waals surface area contributed by atoms with Crippen LogP contribution in [-0.4, -0.2) is 4.98 Å². The van der Waals surface area contributed by atoms with Gasteiger partial charge in [-0.1, -0.05) is 43.7 Å². The molecular weight excluding hydrogens is 258 g/mol. The molecule has 110 valence electrons. The van der Waals surface area contributed by atoms with Crippen LogP contribution in [0.3, 0.4) is 0 Å². The molecule has 21 heavy (non-hydrogen) atoms. The quantitative estimate of drug-likeness (QED) is 0.652. The van der Waals surface area contributed by atoms with Gasteiger partial charge in [0, 0.05) is 6.20 Å². The van der Waals surface area contributed by atoms with E-state index < -0.39 is 0 Å². The summed E-state index contributed by atoms with van der Waals surface area (Å²) in [5.41, 5.74) is 7.87. The molecule has 1 atom stereocenters. The number of aromatic nitrogens is 1. The van der Waals surface area contributed by atoms with Crippen molar-refractivity contribution in [2.45, 2.75) is 44.6 Å². The number of rotatable bonds is 5. The summed E-state index contributed by atoms with van der Waals surface area (Å²) >= 11 is 0. The van der Waals surface area contributed by atoms with Crippen LogP contribution in [-0.2, 0) is 6.42 Å². The van der Waals surface area contributed by atoms with E-state index in [0.717, 1.165) is 18.0 Å². The average molecular weight is 281 g/mol. The summed E-state index contributed by atoms with van der Waals surface area (Å²) in [6, 6.07) is 12.9. The van der Waals surface area contributed by atoms with Gasteiger partial charge in [0.1, 0.15) is 0 Å². The molecule has 0 aliphatic heterocycles. The lowest BCUT2D eigenvalue weighted by Gasteiger charge is -2.27. The minimum atomic E-state index is -0.0406. The molecule has 0 radical (unpaired) electrons. The van der Waals surface area contributed by atoms with Gasteiger partial charge in [-0.2, -0.15) is 0 Å². The number of nitrogens with two attached hydrogens (primary N) is 1. The van der Waals surface area contributed by atoms with Gasteiger partial charge in [-0.15, -0.1) is 0 Å². The molecule has 1 aromatic heterocycles. The Kier molecular flexibility index (Phi) is 4.32. The molecule has 1 aromatic carbocycles. The van der Waals surface area contributed by atoms with E-state index in [1.54, 1.807) is 0 Å². The highest BCUT2D eigenvalue weighted by atomic mass is 15.2. The van der Waals surface area contributed by atoms with Gasteiger partial charge in [0.2, 0.25) is 0 Å². The van der Waals surface area contributed by atoms with E-state index in [0.29, 0.717) is 0 Å². The van der Waals surface area contributed by atoms with Crippen LogP contribution >= 0.6 is 0 Å². The molecule has 0 spiro atoms. The molecule has 3 heteroatoms. The third kappa shape index (κ3) is 2.85. The summed E-state index contributed by atoms with van der Waals surface area (Å²) < 4.78 is 0. The molecule has 1 heterocycles. The fourth-order valence-electron chi connectivity index (χ4n) is 3.08. The molecule has 3 nitrogen and oxygen atoms in total. The van der Waals surface area contributed by atoms with Crippen LogP contribution in [0.4, 0.5) is 0 Å². The molecule has 1 aliphatic carbocycles. The Morgan fingerprint density at radius 1 is 1.29 bits per heavy atom. The standard InChI is InChI=1S/C18H23N3/c1-2-13-10-5-11-20-17(13)18(21-19)16-9-4-8-15(12-16)14-6-3-7-14/h4-5,8-12,14,18,21H,2-3,6-7,19H2,1H3. The summed E-state index contributed by atoms with van der Waals surface area (Å²) in [5.74, 6) is 6.58. The molecule has 3 rings (SSSR count). The number of pyridine rings is 1. The van der Waals surface area contributed by atoms with E-state index in [9.17, 15) is 0 Å². The van der Waals surface area contributed by atoms with Crippen LogP contribution in [0.2, 0.25) is 0 Å². The monoisotopic (exact) mass is 281 g/mol. The fraction of sp³-hybridized carbons (Fsp3) is 0.389. The Morgan fingerprint density at radius 3 is 2.81 bits per heavy atom. The highest BCUT2D eigenvalue weighted by Gasteiger charge is 2.22. The van der Waals surface area contributed by atoms with Crippen molar-refractivity contribution in [2.24, 2.45) is 5.84 Å². The summed E-state index contributed by atoms with van der Waals surface area (Å²) in [6.45, 7) is 2.15. The SMILES string of the molecule is CCc1cccnc1C(NN)c1cccc(C2CCC2)c1. The van der Waals surface area contributed by atoms with Crippen LogP contribution in [0.15, 0.2) is 42.6 Å². The number of hydrogen-bond acceptors (Lipinski definition) is 3. The van der Waals surface area contributed by atoms with E-state index in [1.807, 2.05) is 12.3 Å². The summed E-state index contributed by atoms with van der Waals surface area (Å²) in [4.78, 5) is 4.56. The van der Waals surface area contributed by atoms with Gasteiger partial charge in [-0.25, -0.2) is 5.43 Å². The fourth-order valence-corrected chi connectivity index (χ4v) is 3.08. The highest BCUT2D eigenvalue weighted by molar-refractivity contribution is 5.36. The molecular formula is C18H23N3. The van der Waals surface area contributed by atoms with E-state index in [2.05, 4.69) is 47.7 Å². The largest absolute Gasteiger partial charge is 0.271 e. The Bertz CT molecular complexity index is 605. The number of benzene rings is 1. The summed E-state index contributed by atoms with van der Waals surface area (Å²) in [7, 11) is 0. The lowest BCUT2D eigenvalue weighted by atomic mass is 9.79.